The van der Waals surface area contributed by atoms with Crippen molar-refractivity contribution in [3.8, 4) is 11.5 Å². The molecule has 4 rings (SSSR count). The maximum Gasteiger partial charge on any atom is 0.161 e. The van der Waals surface area contributed by atoms with Crippen LogP contribution in [0.1, 0.15) is 48.8 Å². The molecule has 6 nitrogen and oxygen atoms in total. The summed E-state index contributed by atoms with van der Waals surface area (Å²) in [7, 11) is 1.67. The van der Waals surface area contributed by atoms with E-state index in [9.17, 15) is 5.11 Å². The zero-order valence-corrected chi connectivity index (χ0v) is 19.4. The highest BCUT2D eigenvalue weighted by Gasteiger charge is 2.43. The maximum absolute atomic E-state index is 10.9. The SMILES string of the molecule is CCCc1ccc(O[C@@H]2C[C@@H]3CN(c4nc(C)nc(C)c4C)C[C@@H]3C[C@H]2O)c(OC)c1. The fraction of sp³-hybridized carbons (Fsp3) is 0.600. The van der Waals surface area contributed by atoms with Gasteiger partial charge < -0.3 is 19.5 Å². The Balaban J connectivity index is 1.48. The molecule has 0 amide bonds. The van der Waals surface area contributed by atoms with Gasteiger partial charge in [-0.25, -0.2) is 9.97 Å². The summed E-state index contributed by atoms with van der Waals surface area (Å²) in [6.45, 7) is 10.1. The van der Waals surface area contributed by atoms with E-state index < -0.39 is 6.10 Å². The molecule has 1 aromatic carbocycles. The lowest BCUT2D eigenvalue weighted by molar-refractivity contribution is -0.0240. The Labute approximate surface area is 185 Å². The molecule has 0 radical (unpaired) electrons. The van der Waals surface area contributed by atoms with Gasteiger partial charge >= 0.3 is 0 Å². The number of aromatic nitrogens is 2. The van der Waals surface area contributed by atoms with Gasteiger partial charge in [-0.1, -0.05) is 19.4 Å². The molecule has 1 N–H and O–H groups in total. The zero-order valence-electron chi connectivity index (χ0n) is 19.4. The van der Waals surface area contributed by atoms with Crippen LogP contribution >= 0.6 is 0 Å². The predicted octanol–water partition coefficient (Wildman–Crippen LogP) is 4.02. The molecule has 4 atom stereocenters. The van der Waals surface area contributed by atoms with Crippen molar-refractivity contribution in [1.82, 2.24) is 9.97 Å². The van der Waals surface area contributed by atoms with Crippen molar-refractivity contribution in [2.75, 3.05) is 25.1 Å². The van der Waals surface area contributed by atoms with Crippen molar-refractivity contribution < 1.29 is 14.6 Å². The summed E-state index contributed by atoms with van der Waals surface area (Å²) in [4.78, 5) is 11.6. The van der Waals surface area contributed by atoms with Gasteiger partial charge in [0.1, 0.15) is 17.7 Å². The lowest BCUT2D eigenvalue weighted by Gasteiger charge is -2.35. The van der Waals surface area contributed by atoms with E-state index in [1.54, 1.807) is 7.11 Å². The average Bonchev–Trinajstić information content (AvgIpc) is 3.14. The van der Waals surface area contributed by atoms with Crippen molar-refractivity contribution >= 4 is 5.82 Å². The molecule has 1 saturated carbocycles. The van der Waals surface area contributed by atoms with Crippen LogP contribution in [0.4, 0.5) is 5.82 Å². The molecule has 2 heterocycles. The molecule has 2 aromatic rings. The standard InChI is InChI=1S/C25H35N3O3/c1-6-7-18-8-9-22(24(10-18)30-5)31-23-12-20-14-28(13-19(20)11-21(23)29)25-15(2)16(3)26-17(4)27-25/h8-10,19-21,23,29H,6-7,11-14H2,1-5H3/t19-,20+,21+,23+/m0/s1. The van der Waals surface area contributed by atoms with Crippen molar-refractivity contribution in [1.29, 1.82) is 0 Å². The monoisotopic (exact) mass is 425 g/mol. The summed E-state index contributed by atoms with van der Waals surface area (Å²) in [5, 5.41) is 10.9. The van der Waals surface area contributed by atoms with Crippen LogP contribution in [0.5, 0.6) is 11.5 Å². The molecule has 2 fully saturated rings. The topological polar surface area (TPSA) is 67.7 Å². The summed E-state index contributed by atoms with van der Waals surface area (Å²) in [5.41, 5.74) is 3.43. The third-order valence-electron chi connectivity index (χ3n) is 6.90. The molecule has 0 bridgehead atoms. The number of anilines is 1. The fourth-order valence-electron chi connectivity index (χ4n) is 5.16. The summed E-state index contributed by atoms with van der Waals surface area (Å²) >= 11 is 0. The van der Waals surface area contributed by atoms with Crippen LogP contribution in [-0.2, 0) is 6.42 Å². The van der Waals surface area contributed by atoms with E-state index in [1.165, 1.54) is 5.56 Å². The normalized spacial score (nSPS) is 25.4. The van der Waals surface area contributed by atoms with Gasteiger partial charge in [0, 0.05) is 24.3 Å². The molecule has 1 aromatic heterocycles. The predicted molar refractivity (Wildman–Crippen MR) is 122 cm³/mol. The minimum Gasteiger partial charge on any atom is -0.493 e. The second-order valence-electron chi connectivity index (χ2n) is 9.16. The van der Waals surface area contributed by atoms with Crippen LogP contribution in [0.3, 0.4) is 0 Å². The Kier molecular flexibility index (Phi) is 6.37. The van der Waals surface area contributed by atoms with Crippen molar-refractivity contribution in [3.63, 3.8) is 0 Å². The van der Waals surface area contributed by atoms with Crippen LogP contribution < -0.4 is 14.4 Å². The van der Waals surface area contributed by atoms with Gasteiger partial charge in [0.05, 0.1) is 13.2 Å². The van der Waals surface area contributed by atoms with E-state index in [-0.39, 0.29) is 6.10 Å². The Bertz CT molecular complexity index is 932. The van der Waals surface area contributed by atoms with Crippen LogP contribution in [0.15, 0.2) is 18.2 Å². The molecule has 0 spiro atoms. The number of aliphatic hydroxyl groups is 1. The van der Waals surface area contributed by atoms with Gasteiger partial charge in [0.25, 0.3) is 0 Å². The number of hydrogen-bond donors (Lipinski definition) is 1. The van der Waals surface area contributed by atoms with Gasteiger partial charge in [0.15, 0.2) is 11.5 Å². The maximum atomic E-state index is 10.9. The second-order valence-corrected chi connectivity index (χ2v) is 9.16. The first-order valence-corrected chi connectivity index (χ1v) is 11.5. The number of aliphatic hydroxyl groups excluding tert-OH is 1. The number of methoxy groups -OCH3 is 1. The minimum atomic E-state index is -0.476. The summed E-state index contributed by atoms with van der Waals surface area (Å²) in [6.07, 6.45) is 3.01. The average molecular weight is 426 g/mol. The Morgan fingerprint density at radius 3 is 2.52 bits per heavy atom. The number of ether oxygens (including phenoxy) is 2. The van der Waals surface area contributed by atoms with Gasteiger partial charge in [-0.3, -0.25) is 0 Å². The largest absolute Gasteiger partial charge is 0.493 e. The molecular weight excluding hydrogens is 390 g/mol. The Morgan fingerprint density at radius 1 is 1.06 bits per heavy atom. The fourth-order valence-corrected chi connectivity index (χ4v) is 5.16. The minimum absolute atomic E-state index is 0.220. The third kappa shape index (κ3) is 4.49. The first-order valence-electron chi connectivity index (χ1n) is 11.5. The molecule has 2 aliphatic rings. The van der Waals surface area contributed by atoms with Crippen molar-refractivity contribution in [2.45, 2.75) is 65.6 Å². The Morgan fingerprint density at radius 2 is 1.81 bits per heavy atom. The van der Waals surface area contributed by atoms with Crippen molar-refractivity contribution in [3.05, 3.63) is 40.8 Å². The quantitative estimate of drug-likeness (QED) is 0.754. The summed E-state index contributed by atoms with van der Waals surface area (Å²) in [5.74, 6) is 4.26. The molecular formula is C25H35N3O3. The van der Waals surface area contributed by atoms with Crippen LogP contribution in [0.25, 0.3) is 0 Å². The molecule has 1 aliphatic heterocycles. The van der Waals surface area contributed by atoms with Gasteiger partial charge in [-0.2, -0.15) is 0 Å². The Hall–Kier alpha value is -2.34. The van der Waals surface area contributed by atoms with Gasteiger partial charge in [-0.05, 0) is 69.6 Å². The number of hydrogen-bond acceptors (Lipinski definition) is 6. The van der Waals surface area contributed by atoms with Crippen LogP contribution in [0, 0.1) is 32.6 Å². The molecule has 31 heavy (non-hydrogen) atoms. The van der Waals surface area contributed by atoms with E-state index >= 15 is 0 Å². The number of fused-ring (bicyclic) bond motifs is 1. The van der Waals surface area contributed by atoms with E-state index in [1.807, 2.05) is 19.9 Å². The van der Waals surface area contributed by atoms with E-state index in [0.29, 0.717) is 11.8 Å². The smallest absolute Gasteiger partial charge is 0.161 e. The first-order chi connectivity index (χ1) is 14.9. The number of benzene rings is 1. The number of nitrogens with zero attached hydrogens (tertiary/aromatic N) is 3. The summed E-state index contributed by atoms with van der Waals surface area (Å²) < 4.78 is 11.9. The summed E-state index contributed by atoms with van der Waals surface area (Å²) in [6, 6.07) is 6.13. The zero-order chi connectivity index (χ0) is 22.1. The molecule has 168 valence electrons. The number of rotatable bonds is 6. The van der Waals surface area contributed by atoms with Gasteiger partial charge in [0.2, 0.25) is 0 Å². The van der Waals surface area contributed by atoms with E-state index in [2.05, 4.69) is 35.9 Å². The highest BCUT2D eigenvalue weighted by atomic mass is 16.5. The van der Waals surface area contributed by atoms with E-state index in [4.69, 9.17) is 14.5 Å². The van der Waals surface area contributed by atoms with E-state index in [0.717, 1.165) is 73.2 Å². The highest BCUT2D eigenvalue weighted by molar-refractivity contribution is 5.49. The van der Waals surface area contributed by atoms with Crippen molar-refractivity contribution in [2.24, 2.45) is 11.8 Å². The molecule has 1 saturated heterocycles. The lowest BCUT2D eigenvalue weighted by atomic mass is 9.78. The van der Waals surface area contributed by atoms with Gasteiger partial charge in [-0.15, -0.1) is 0 Å². The van der Waals surface area contributed by atoms with Crippen LogP contribution in [0.2, 0.25) is 0 Å². The van der Waals surface area contributed by atoms with Crippen LogP contribution in [-0.4, -0.2) is 47.5 Å². The highest BCUT2D eigenvalue weighted by Crippen LogP contribution is 2.41. The second kappa shape index (κ2) is 9.03. The first kappa shape index (κ1) is 21.9. The number of aryl methyl sites for hydroxylation is 3. The molecule has 0 unspecified atom stereocenters. The molecule has 1 aliphatic carbocycles. The lowest BCUT2D eigenvalue weighted by Crippen LogP contribution is -2.42. The molecule has 6 heteroatoms. The third-order valence-corrected chi connectivity index (χ3v) is 6.90.